The van der Waals surface area contributed by atoms with Crippen LogP contribution in [0.3, 0.4) is 0 Å². The second kappa shape index (κ2) is 3.97. The molecule has 1 aromatic carbocycles. The van der Waals surface area contributed by atoms with Gasteiger partial charge < -0.3 is 5.11 Å². The summed E-state index contributed by atoms with van der Waals surface area (Å²) in [6.45, 7) is 3.65. The average Bonchev–Trinajstić information content (AvgIpc) is 2.05. The maximum Gasteiger partial charge on any atom is 0.369 e. The Morgan fingerprint density at radius 3 is 2.42 bits per heavy atom. The van der Waals surface area contributed by atoms with Gasteiger partial charge in [-0.2, -0.15) is 0 Å². The third kappa shape index (κ3) is 2.43. The summed E-state index contributed by atoms with van der Waals surface area (Å²) in [5.41, 5.74) is 0.852. The van der Waals surface area contributed by atoms with Gasteiger partial charge in [-0.3, -0.25) is 0 Å². The quantitative estimate of drug-likeness (QED) is 0.760. The van der Waals surface area contributed by atoms with E-state index >= 15 is 0 Å². The van der Waals surface area contributed by atoms with E-state index in [1.54, 1.807) is 0 Å². The Kier molecular flexibility index (Phi) is 2.94. The predicted molar refractivity (Wildman–Crippen MR) is 51.1 cm³/mol. The smallest absolute Gasteiger partial charge is 0.369 e. The SMILES string of the molecule is C=C(SC(=O)O)c1ccccc1. The molecule has 0 saturated carbocycles. The van der Waals surface area contributed by atoms with Crippen molar-refractivity contribution in [1.29, 1.82) is 0 Å². The molecule has 3 heteroatoms. The zero-order valence-electron chi connectivity index (χ0n) is 6.36. The van der Waals surface area contributed by atoms with Crippen molar-refractivity contribution in [1.82, 2.24) is 0 Å². The maximum absolute atomic E-state index is 10.3. The summed E-state index contributed by atoms with van der Waals surface area (Å²) in [7, 11) is 0. The predicted octanol–water partition coefficient (Wildman–Crippen LogP) is 3.07. The number of carboxylic acid groups (broad SMARTS) is 1. The van der Waals surface area contributed by atoms with Crippen molar-refractivity contribution in [3.8, 4) is 0 Å². The molecule has 0 fully saturated rings. The van der Waals surface area contributed by atoms with Gasteiger partial charge in [0.05, 0.1) is 0 Å². The Balaban J connectivity index is 2.73. The lowest BCUT2D eigenvalue weighted by Crippen LogP contribution is -1.84. The molecule has 0 saturated heterocycles. The van der Waals surface area contributed by atoms with Crippen LogP contribution in [0.2, 0.25) is 0 Å². The maximum atomic E-state index is 10.3. The van der Waals surface area contributed by atoms with Gasteiger partial charge in [0.2, 0.25) is 0 Å². The fraction of sp³-hybridized carbons (Fsp3) is 0. The highest BCUT2D eigenvalue weighted by Crippen LogP contribution is 2.25. The summed E-state index contributed by atoms with van der Waals surface area (Å²) >= 11 is 0.730. The Bertz CT molecular complexity index is 293. The van der Waals surface area contributed by atoms with Crippen molar-refractivity contribution in [2.24, 2.45) is 0 Å². The lowest BCUT2D eigenvalue weighted by molar-refractivity contribution is 0.222. The molecule has 0 aliphatic carbocycles. The molecule has 0 heterocycles. The van der Waals surface area contributed by atoms with Crippen LogP contribution in [0.4, 0.5) is 4.79 Å². The normalized spacial score (nSPS) is 9.33. The Morgan fingerprint density at radius 1 is 1.33 bits per heavy atom. The zero-order valence-corrected chi connectivity index (χ0v) is 7.17. The second-order valence-electron chi connectivity index (χ2n) is 2.16. The molecule has 1 rings (SSSR count). The van der Waals surface area contributed by atoms with E-state index < -0.39 is 5.30 Å². The van der Waals surface area contributed by atoms with Crippen LogP contribution in [0.15, 0.2) is 36.9 Å². The number of hydrogen-bond donors (Lipinski definition) is 1. The first-order valence-electron chi connectivity index (χ1n) is 3.35. The van der Waals surface area contributed by atoms with Gasteiger partial charge in [-0.1, -0.05) is 36.9 Å². The van der Waals surface area contributed by atoms with Crippen molar-refractivity contribution in [2.75, 3.05) is 0 Å². The van der Waals surface area contributed by atoms with Gasteiger partial charge in [-0.25, -0.2) is 4.79 Å². The monoisotopic (exact) mass is 180 g/mol. The van der Waals surface area contributed by atoms with Gasteiger partial charge in [0, 0.05) is 4.91 Å². The summed E-state index contributed by atoms with van der Waals surface area (Å²) in [4.78, 5) is 10.8. The molecule has 2 nitrogen and oxygen atoms in total. The minimum absolute atomic E-state index is 0.558. The summed E-state index contributed by atoms with van der Waals surface area (Å²) in [5, 5.41) is 7.52. The summed E-state index contributed by atoms with van der Waals surface area (Å²) in [6, 6.07) is 9.24. The van der Waals surface area contributed by atoms with Gasteiger partial charge in [-0.15, -0.1) is 0 Å². The van der Waals surface area contributed by atoms with Gasteiger partial charge in [0.1, 0.15) is 0 Å². The van der Waals surface area contributed by atoms with E-state index in [1.807, 2.05) is 30.3 Å². The topological polar surface area (TPSA) is 37.3 Å². The number of rotatable bonds is 2. The van der Waals surface area contributed by atoms with Crippen LogP contribution in [0, 0.1) is 0 Å². The Morgan fingerprint density at radius 2 is 1.92 bits per heavy atom. The molecule has 0 unspecified atom stereocenters. The molecule has 0 radical (unpaired) electrons. The molecule has 0 amide bonds. The van der Waals surface area contributed by atoms with E-state index in [9.17, 15) is 4.79 Å². The summed E-state index contributed by atoms with van der Waals surface area (Å²) in [5.74, 6) is 0. The highest BCUT2D eigenvalue weighted by molar-refractivity contribution is 8.21. The van der Waals surface area contributed by atoms with Crippen molar-refractivity contribution in [3.63, 3.8) is 0 Å². The van der Waals surface area contributed by atoms with E-state index in [0.29, 0.717) is 4.91 Å². The lowest BCUT2D eigenvalue weighted by Gasteiger charge is -1.99. The molecule has 0 aromatic heterocycles. The first kappa shape index (κ1) is 8.87. The third-order valence-corrected chi connectivity index (χ3v) is 1.96. The highest BCUT2D eigenvalue weighted by Gasteiger charge is 2.03. The van der Waals surface area contributed by atoms with Gasteiger partial charge in [0.25, 0.3) is 0 Å². The van der Waals surface area contributed by atoms with Crippen LogP contribution >= 0.6 is 11.8 Å². The van der Waals surface area contributed by atoms with E-state index in [-0.39, 0.29) is 0 Å². The number of carbonyl (C=O) groups is 1. The molecule has 0 aliphatic heterocycles. The largest absolute Gasteiger partial charge is 0.473 e. The standard InChI is InChI=1S/C9H8O2S/c1-7(12-9(10)11)8-5-3-2-4-6-8/h2-6H,1H2,(H,10,11). The molecule has 1 aromatic rings. The van der Waals surface area contributed by atoms with Crippen LogP contribution in [-0.4, -0.2) is 10.4 Å². The lowest BCUT2D eigenvalue weighted by atomic mass is 10.2. The minimum Gasteiger partial charge on any atom is -0.473 e. The van der Waals surface area contributed by atoms with Crippen LogP contribution in [-0.2, 0) is 0 Å². The van der Waals surface area contributed by atoms with Crippen LogP contribution in [0.5, 0.6) is 0 Å². The molecule has 1 N–H and O–H groups in total. The van der Waals surface area contributed by atoms with E-state index in [2.05, 4.69) is 6.58 Å². The molecule has 0 aliphatic rings. The van der Waals surface area contributed by atoms with Crippen molar-refractivity contribution in [2.45, 2.75) is 0 Å². The molecule has 0 bridgehead atoms. The van der Waals surface area contributed by atoms with Crippen LogP contribution in [0.1, 0.15) is 5.56 Å². The van der Waals surface area contributed by atoms with Crippen molar-refractivity contribution in [3.05, 3.63) is 42.5 Å². The first-order chi connectivity index (χ1) is 5.70. The average molecular weight is 180 g/mol. The fourth-order valence-electron chi connectivity index (χ4n) is 0.788. The van der Waals surface area contributed by atoms with E-state index in [1.165, 1.54) is 0 Å². The van der Waals surface area contributed by atoms with E-state index in [4.69, 9.17) is 5.11 Å². The second-order valence-corrected chi connectivity index (χ2v) is 3.20. The number of hydrogen-bond acceptors (Lipinski definition) is 2. The molecular weight excluding hydrogens is 172 g/mol. The van der Waals surface area contributed by atoms with Crippen LogP contribution < -0.4 is 0 Å². The van der Waals surface area contributed by atoms with Crippen LogP contribution in [0.25, 0.3) is 4.91 Å². The van der Waals surface area contributed by atoms with Gasteiger partial charge >= 0.3 is 5.30 Å². The summed E-state index contributed by atoms with van der Waals surface area (Å²) in [6.07, 6.45) is 0. The molecule has 0 spiro atoms. The van der Waals surface area contributed by atoms with Crippen molar-refractivity contribution >= 4 is 22.0 Å². The molecular formula is C9H8O2S. The summed E-state index contributed by atoms with van der Waals surface area (Å²) < 4.78 is 0. The Labute approximate surface area is 74.9 Å². The van der Waals surface area contributed by atoms with Gasteiger partial charge in [0.15, 0.2) is 0 Å². The Hall–Kier alpha value is -1.22. The van der Waals surface area contributed by atoms with Gasteiger partial charge in [-0.05, 0) is 17.3 Å². The number of thioether (sulfide) groups is 1. The molecule has 12 heavy (non-hydrogen) atoms. The van der Waals surface area contributed by atoms with E-state index in [0.717, 1.165) is 17.3 Å². The highest BCUT2D eigenvalue weighted by atomic mass is 32.2. The molecule has 0 atom stereocenters. The molecule has 62 valence electrons. The minimum atomic E-state index is -0.927. The first-order valence-corrected chi connectivity index (χ1v) is 4.17. The van der Waals surface area contributed by atoms with Crippen molar-refractivity contribution < 1.29 is 9.90 Å². The number of benzene rings is 1. The fourth-order valence-corrected chi connectivity index (χ4v) is 1.25. The zero-order chi connectivity index (χ0) is 8.97. The third-order valence-electron chi connectivity index (χ3n) is 1.31.